The van der Waals surface area contributed by atoms with E-state index in [1.807, 2.05) is 69.3 Å². The summed E-state index contributed by atoms with van der Waals surface area (Å²) in [6.07, 6.45) is 0.209. The van der Waals surface area contributed by atoms with Crippen molar-refractivity contribution in [3.05, 3.63) is 65.2 Å². The number of benzene rings is 2. The quantitative estimate of drug-likeness (QED) is 0.629. The Hall–Kier alpha value is -2.62. The van der Waals surface area contributed by atoms with Gasteiger partial charge in [0.1, 0.15) is 5.75 Å². The van der Waals surface area contributed by atoms with E-state index in [2.05, 4.69) is 0 Å². The Morgan fingerprint density at radius 1 is 1.08 bits per heavy atom. The lowest BCUT2D eigenvalue weighted by Gasteiger charge is -2.25. The van der Waals surface area contributed by atoms with Gasteiger partial charge >= 0.3 is 5.97 Å². The first kappa shape index (κ1) is 17.2. The molecular weight excluding hydrogens is 314 g/mol. The molecule has 2 atom stereocenters. The molecule has 3 rings (SSSR count). The Labute approximate surface area is 148 Å². The number of nitrogens with zero attached hydrogens (tertiary/aromatic N) is 1. The van der Waals surface area contributed by atoms with Gasteiger partial charge in [0.25, 0.3) is 0 Å². The Balaban J connectivity index is 1.71. The van der Waals surface area contributed by atoms with Crippen LogP contribution in [0.5, 0.6) is 5.75 Å². The molecule has 1 amide bonds. The van der Waals surface area contributed by atoms with E-state index in [0.717, 1.165) is 16.7 Å². The normalized spacial score (nSPS) is 18.3. The maximum atomic E-state index is 12.6. The number of hydrogen-bond donors (Lipinski definition) is 0. The molecule has 4 heteroatoms. The number of para-hydroxylation sites is 1. The third-order valence-electron chi connectivity index (χ3n) is 4.85. The van der Waals surface area contributed by atoms with Gasteiger partial charge in [-0.3, -0.25) is 9.59 Å². The minimum absolute atomic E-state index is 0.000177. The van der Waals surface area contributed by atoms with Gasteiger partial charge < -0.3 is 9.64 Å². The van der Waals surface area contributed by atoms with Crippen molar-refractivity contribution in [2.45, 2.75) is 33.2 Å². The zero-order valence-corrected chi connectivity index (χ0v) is 14.9. The van der Waals surface area contributed by atoms with Crippen LogP contribution in [0.15, 0.2) is 48.5 Å². The third kappa shape index (κ3) is 3.58. The summed E-state index contributed by atoms with van der Waals surface area (Å²) >= 11 is 0. The molecule has 1 aliphatic heterocycles. The molecule has 1 aliphatic rings. The van der Waals surface area contributed by atoms with Crippen LogP contribution < -0.4 is 4.74 Å². The highest BCUT2D eigenvalue weighted by Gasteiger charge is 2.38. The molecule has 1 saturated heterocycles. The third-order valence-corrected chi connectivity index (χ3v) is 4.85. The lowest BCUT2D eigenvalue weighted by Crippen LogP contribution is -2.30. The Kier molecular flexibility index (Phi) is 4.88. The first-order valence-corrected chi connectivity index (χ1v) is 8.59. The lowest BCUT2D eigenvalue weighted by molar-refractivity contribution is -0.139. The van der Waals surface area contributed by atoms with Crippen LogP contribution in [-0.2, 0) is 9.59 Å². The highest BCUT2D eigenvalue weighted by Crippen LogP contribution is 2.30. The molecule has 0 spiro atoms. The highest BCUT2D eigenvalue weighted by atomic mass is 16.5. The van der Waals surface area contributed by atoms with Crippen LogP contribution in [0.3, 0.4) is 0 Å². The largest absolute Gasteiger partial charge is 0.426 e. The summed E-state index contributed by atoms with van der Waals surface area (Å²) in [5.41, 5.74) is 2.92. The number of carbonyl (C=O) groups excluding carboxylic acids is 2. The second-order valence-electron chi connectivity index (χ2n) is 6.68. The molecule has 0 aliphatic carbocycles. The Bertz CT molecular complexity index is 765. The topological polar surface area (TPSA) is 46.6 Å². The van der Waals surface area contributed by atoms with Crippen molar-refractivity contribution in [2.75, 3.05) is 6.54 Å². The minimum Gasteiger partial charge on any atom is -0.426 e. The van der Waals surface area contributed by atoms with E-state index in [9.17, 15) is 9.59 Å². The maximum absolute atomic E-state index is 12.6. The van der Waals surface area contributed by atoms with Crippen LogP contribution in [0.4, 0.5) is 0 Å². The van der Waals surface area contributed by atoms with Crippen LogP contribution in [0.2, 0.25) is 0 Å². The number of carbonyl (C=O) groups is 2. The van der Waals surface area contributed by atoms with Gasteiger partial charge in [-0.25, -0.2) is 0 Å². The van der Waals surface area contributed by atoms with E-state index in [1.165, 1.54) is 0 Å². The van der Waals surface area contributed by atoms with Crippen molar-refractivity contribution in [3.63, 3.8) is 0 Å². The molecular formula is C21H23NO3. The molecule has 130 valence electrons. The molecule has 0 aromatic heterocycles. The first-order chi connectivity index (χ1) is 12.0. The van der Waals surface area contributed by atoms with Crippen molar-refractivity contribution < 1.29 is 14.3 Å². The summed E-state index contributed by atoms with van der Waals surface area (Å²) in [7, 11) is 0. The minimum atomic E-state index is -0.419. The smallest absolute Gasteiger partial charge is 0.316 e. The number of aryl methyl sites for hydroxylation is 2. The van der Waals surface area contributed by atoms with Crippen molar-refractivity contribution in [3.8, 4) is 5.75 Å². The zero-order valence-electron chi connectivity index (χ0n) is 14.9. The fourth-order valence-corrected chi connectivity index (χ4v) is 3.32. The van der Waals surface area contributed by atoms with Gasteiger partial charge in [0, 0.05) is 13.0 Å². The van der Waals surface area contributed by atoms with Crippen LogP contribution in [0, 0.1) is 19.8 Å². The van der Waals surface area contributed by atoms with E-state index in [4.69, 9.17) is 4.74 Å². The van der Waals surface area contributed by atoms with Crippen LogP contribution in [-0.4, -0.2) is 23.3 Å². The average molecular weight is 337 g/mol. The molecule has 0 N–H and O–H groups in total. The summed E-state index contributed by atoms with van der Waals surface area (Å²) in [6, 6.07) is 15.6. The van der Waals surface area contributed by atoms with E-state index in [0.29, 0.717) is 12.3 Å². The first-order valence-electron chi connectivity index (χ1n) is 8.59. The van der Waals surface area contributed by atoms with Gasteiger partial charge in [0.15, 0.2) is 0 Å². The monoisotopic (exact) mass is 337 g/mol. The van der Waals surface area contributed by atoms with Gasteiger partial charge in [0.05, 0.1) is 12.0 Å². The van der Waals surface area contributed by atoms with Gasteiger partial charge in [-0.15, -0.1) is 0 Å². The number of likely N-dealkylation sites (tertiary alicyclic amines) is 1. The molecule has 25 heavy (non-hydrogen) atoms. The second kappa shape index (κ2) is 7.09. The zero-order chi connectivity index (χ0) is 18.0. The number of amides is 1. The molecule has 2 aromatic carbocycles. The van der Waals surface area contributed by atoms with E-state index < -0.39 is 5.92 Å². The fourth-order valence-electron chi connectivity index (χ4n) is 3.32. The number of rotatable bonds is 4. The van der Waals surface area contributed by atoms with Crippen molar-refractivity contribution in [1.29, 1.82) is 0 Å². The number of esters is 1. The van der Waals surface area contributed by atoms with E-state index in [-0.39, 0.29) is 24.3 Å². The molecule has 1 fully saturated rings. The van der Waals surface area contributed by atoms with Crippen LogP contribution in [0.1, 0.15) is 36.1 Å². The number of hydrogen-bond acceptors (Lipinski definition) is 3. The second-order valence-corrected chi connectivity index (χ2v) is 6.68. The summed E-state index contributed by atoms with van der Waals surface area (Å²) in [6.45, 7) is 6.23. The van der Waals surface area contributed by atoms with Crippen LogP contribution >= 0.6 is 0 Å². The fraction of sp³-hybridized carbons (Fsp3) is 0.333. The van der Waals surface area contributed by atoms with E-state index in [1.54, 1.807) is 4.90 Å². The van der Waals surface area contributed by atoms with Crippen molar-refractivity contribution in [1.82, 2.24) is 4.90 Å². The standard InChI is InChI=1S/C21H23NO3/c1-14-8-7-9-15(2)20(14)25-21(24)18-12-19(23)22(13-18)16(3)17-10-5-4-6-11-17/h4-11,16,18H,12-13H2,1-3H3/t16-,18+/m0/s1. The summed E-state index contributed by atoms with van der Waals surface area (Å²) in [5, 5.41) is 0. The van der Waals surface area contributed by atoms with Gasteiger partial charge in [0.2, 0.25) is 5.91 Å². The Morgan fingerprint density at radius 2 is 1.72 bits per heavy atom. The van der Waals surface area contributed by atoms with Gasteiger partial charge in [-0.1, -0.05) is 48.5 Å². The lowest BCUT2D eigenvalue weighted by atomic mass is 10.1. The average Bonchev–Trinajstić information content (AvgIpc) is 3.00. The SMILES string of the molecule is Cc1cccc(C)c1OC(=O)[C@@H]1CC(=O)N([C@@H](C)c2ccccc2)C1. The summed E-state index contributed by atoms with van der Waals surface area (Å²) in [5.74, 6) is -0.138. The predicted molar refractivity (Wildman–Crippen MR) is 96.2 cm³/mol. The predicted octanol–water partition coefficient (Wildman–Crippen LogP) is 3.82. The molecule has 0 bridgehead atoms. The molecule has 1 heterocycles. The van der Waals surface area contributed by atoms with Crippen molar-refractivity contribution >= 4 is 11.9 Å². The van der Waals surface area contributed by atoms with Gasteiger partial charge in [-0.2, -0.15) is 0 Å². The molecule has 4 nitrogen and oxygen atoms in total. The summed E-state index contributed by atoms with van der Waals surface area (Å²) < 4.78 is 5.62. The van der Waals surface area contributed by atoms with Crippen LogP contribution in [0.25, 0.3) is 0 Å². The van der Waals surface area contributed by atoms with Gasteiger partial charge in [-0.05, 0) is 37.5 Å². The molecule has 2 aromatic rings. The Morgan fingerprint density at radius 3 is 2.36 bits per heavy atom. The maximum Gasteiger partial charge on any atom is 0.316 e. The summed E-state index contributed by atoms with van der Waals surface area (Å²) in [4.78, 5) is 26.7. The van der Waals surface area contributed by atoms with Crippen molar-refractivity contribution in [2.24, 2.45) is 5.92 Å². The highest BCUT2D eigenvalue weighted by molar-refractivity contribution is 5.88. The van der Waals surface area contributed by atoms with E-state index >= 15 is 0 Å². The number of ether oxygens (including phenoxy) is 1. The molecule has 0 radical (unpaired) electrons. The molecule has 0 saturated carbocycles. The molecule has 0 unspecified atom stereocenters.